The van der Waals surface area contributed by atoms with Crippen LogP contribution >= 0.6 is 11.3 Å². The molecule has 0 radical (unpaired) electrons. The van der Waals surface area contributed by atoms with Gasteiger partial charge < -0.3 is 0 Å². The number of rotatable bonds is 4. The van der Waals surface area contributed by atoms with E-state index in [1.54, 1.807) is 11.0 Å². The number of aryl methyl sites for hydroxylation is 2. The van der Waals surface area contributed by atoms with Crippen molar-refractivity contribution in [3.8, 4) is 11.1 Å². The number of aromatic nitrogens is 3. The molecule has 0 unspecified atom stereocenters. The predicted octanol–water partition coefficient (Wildman–Crippen LogP) is 5.45. The number of benzene rings is 2. The van der Waals surface area contributed by atoms with Crippen molar-refractivity contribution in [1.82, 2.24) is 14.3 Å². The fourth-order valence-corrected chi connectivity index (χ4v) is 4.82. The molecule has 0 saturated heterocycles. The van der Waals surface area contributed by atoms with Crippen LogP contribution in [0.2, 0.25) is 0 Å². The van der Waals surface area contributed by atoms with Gasteiger partial charge in [-0.25, -0.2) is 9.66 Å². The van der Waals surface area contributed by atoms with Gasteiger partial charge in [0.1, 0.15) is 11.2 Å². The lowest BCUT2D eigenvalue weighted by Crippen LogP contribution is -2.27. The Morgan fingerprint density at radius 2 is 1.53 bits per heavy atom. The maximum Gasteiger partial charge on any atom is 0.282 e. The third kappa shape index (κ3) is 3.17. The van der Waals surface area contributed by atoms with Crippen molar-refractivity contribution in [2.75, 3.05) is 0 Å². The van der Waals surface area contributed by atoms with Crippen molar-refractivity contribution < 1.29 is 0 Å². The molecule has 3 heterocycles. The maximum absolute atomic E-state index is 13.4. The molecule has 0 bridgehead atoms. The standard InChI is InChI=1S/C25H21N3OS/c1-17-8-9-18(2)28(17)27-16-26-24-23(25(27)29)22(15-30-24)21-12-10-20(11-13-21)14-19-6-4-3-5-7-19/h3-13,15-16H,14H2,1-2H3. The zero-order valence-electron chi connectivity index (χ0n) is 16.9. The Morgan fingerprint density at radius 3 is 2.23 bits per heavy atom. The molecule has 5 heteroatoms. The third-order valence-electron chi connectivity index (χ3n) is 5.44. The van der Waals surface area contributed by atoms with Crippen molar-refractivity contribution >= 4 is 21.6 Å². The van der Waals surface area contributed by atoms with Crippen LogP contribution in [0.3, 0.4) is 0 Å². The van der Waals surface area contributed by atoms with E-state index in [2.05, 4.69) is 53.5 Å². The van der Waals surface area contributed by atoms with Crippen LogP contribution in [-0.2, 0) is 6.42 Å². The Hall–Kier alpha value is -3.44. The highest BCUT2D eigenvalue weighted by molar-refractivity contribution is 7.17. The first kappa shape index (κ1) is 18.6. The SMILES string of the molecule is Cc1ccc(C)n1-n1cnc2scc(-c3ccc(Cc4ccccc4)cc3)c2c1=O. The van der Waals surface area contributed by atoms with Crippen molar-refractivity contribution in [2.45, 2.75) is 20.3 Å². The van der Waals surface area contributed by atoms with Gasteiger partial charge in [-0.3, -0.25) is 9.47 Å². The van der Waals surface area contributed by atoms with Crippen molar-refractivity contribution in [2.24, 2.45) is 0 Å². The van der Waals surface area contributed by atoms with Gasteiger partial charge in [0.05, 0.1) is 5.39 Å². The van der Waals surface area contributed by atoms with Crippen LogP contribution in [0, 0.1) is 13.8 Å². The Morgan fingerprint density at radius 1 is 0.867 bits per heavy atom. The minimum atomic E-state index is -0.0491. The van der Waals surface area contributed by atoms with E-state index in [1.165, 1.54) is 22.5 Å². The highest BCUT2D eigenvalue weighted by atomic mass is 32.1. The largest absolute Gasteiger partial charge is 0.282 e. The Bertz CT molecular complexity index is 1370. The summed E-state index contributed by atoms with van der Waals surface area (Å²) in [5.74, 6) is 0. The van der Waals surface area contributed by atoms with E-state index in [9.17, 15) is 4.79 Å². The third-order valence-corrected chi connectivity index (χ3v) is 6.33. The van der Waals surface area contributed by atoms with Crippen molar-refractivity contribution in [3.05, 3.63) is 111 Å². The molecule has 0 amide bonds. The van der Waals surface area contributed by atoms with Gasteiger partial charge in [-0.2, -0.15) is 0 Å². The number of thiophene rings is 1. The molecule has 0 atom stereocenters. The van der Waals surface area contributed by atoms with Gasteiger partial charge in [0, 0.05) is 22.3 Å². The molecule has 148 valence electrons. The Labute approximate surface area is 178 Å². The van der Waals surface area contributed by atoms with Gasteiger partial charge in [-0.15, -0.1) is 11.3 Å². The monoisotopic (exact) mass is 411 g/mol. The molecule has 30 heavy (non-hydrogen) atoms. The van der Waals surface area contributed by atoms with Crippen LogP contribution in [0.4, 0.5) is 0 Å². The summed E-state index contributed by atoms with van der Waals surface area (Å²) in [6.07, 6.45) is 2.51. The summed E-state index contributed by atoms with van der Waals surface area (Å²) in [6.45, 7) is 3.98. The number of hydrogen-bond donors (Lipinski definition) is 0. The average Bonchev–Trinajstić information content (AvgIpc) is 3.34. The van der Waals surface area contributed by atoms with E-state index in [0.29, 0.717) is 5.39 Å². The Balaban J connectivity index is 1.57. The molecule has 0 saturated carbocycles. The summed E-state index contributed by atoms with van der Waals surface area (Å²) in [5.41, 5.74) is 6.46. The zero-order chi connectivity index (χ0) is 20.7. The first-order valence-electron chi connectivity index (χ1n) is 9.89. The van der Waals surface area contributed by atoms with Gasteiger partial charge >= 0.3 is 0 Å². The molecule has 0 N–H and O–H groups in total. The second-order valence-electron chi connectivity index (χ2n) is 7.51. The molecule has 5 aromatic rings. The number of nitrogens with zero attached hydrogens (tertiary/aromatic N) is 3. The maximum atomic E-state index is 13.4. The van der Waals surface area contributed by atoms with Gasteiger partial charge in [-0.05, 0) is 49.1 Å². The van der Waals surface area contributed by atoms with E-state index in [1.807, 2.05) is 42.1 Å². The van der Waals surface area contributed by atoms with Crippen LogP contribution < -0.4 is 5.56 Å². The molecule has 4 nitrogen and oxygen atoms in total. The highest BCUT2D eigenvalue weighted by Crippen LogP contribution is 2.31. The summed E-state index contributed by atoms with van der Waals surface area (Å²) in [5, 5.41) is 2.70. The van der Waals surface area contributed by atoms with Gasteiger partial charge in [-0.1, -0.05) is 54.6 Å². The van der Waals surface area contributed by atoms with E-state index in [0.717, 1.165) is 33.8 Å². The lowest BCUT2D eigenvalue weighted by atomic mass is 10.0. The fraction of sp³-hybridized carbons (Fsp3) is 0.120. The lowest BCUT2D eigenvalue weighted by Gasteiger charge is -2.12. The molecule has 3 aromatic heterocycles. The van der Waals surface area contributed by atoms with Gasteiger partial charge in [0.25, 0.3) is 5.56 Å². The van der Waals surface area contributed by atoms with Crippen molar-refractivity contribution in [1.29, 1.82) is 0 Å². The smallest absolute Gasteiger partial charge is 0.267 e. The first-order chi connectivity index (χ1) is 14.6. The second kappa shape index (κ2) is 7.43. The highest BCUT2D eigenvalue weighted by Gasteiger charge is 2.15. The second-order valence-corrected chi connectivity index (χ2v) is 8.37. The van der Waals surface area contributed by atoms with E-state index in [4.69, 9.17) is 0 Å². The molecule has 0 spiro atoms. The first-order valence-corrected chi connectivity index (χ1v) is 10.8. The number of fused-ring (bicyclic) bond motifs is 1. The molecule has 0 aliphatic carbocycles. The molecule has 5 rings (SSSR count). The fourth-order valence-electron chi connectivity index (χ4n) is 3.91. The molecular formula is C25H21N3OS. The summed E-state index contributed by atoms with van der Waals surface area (Å²) < 4.78 is 3.51. The topological polar surface area (TPSA) is 39.8 Å². The summed E-state index contributed by atoms with van der Waals surface area (Å²) in [7, 11) is 0. The predicted molar refractivity (Wildman–Crippen MR) is 123 cm³/mol. The van der Waals surface area contributed by atoms with Crippen molar-refractivity contribution in [3.63, 3.8) is 0 Å². The molecule has 0 aliphatic rings. The normalized spacial score (nSPS) is 11.3. The zero-order valence-corrected chi connectivity index (χ0v) is 17.7. The van der Waals surface area contributed by atoms with E-state index < -0.39 is 0 Å². The quantitative estimate of drug-likeness (QED) is 0.395. The summed E-state index contributed by atoms with van der Waals surface area (Å²) in [4.78, 5) is 18.7. The van der Waals surface area contributed by atoms with Crippen LogP contribution in [0.5, 0.6) is 0 Å². The summed E-state index contributed by atoms with van der Waals surface area (Å²) >= 11 is 1.51. The Kier molecular flexibility index (Phi) is 4.60. The van der Waals surface area contributed by atoms with Crippen LogP contribution in [0.25, 0.3) is 21.3 Å². The minimum absolute atomic E-state index is 0.0491. The molecule has 2 aromatic carbocycles. The van der Waals surface area contributed by atoms with Gasteiger partial charge in [0.2, 0.25) is 0 Å². The van der Waals surface area contributed by atoms with Crippen LogP contribution in [0.15, 0.2) is 83.2 Å². The minimum Gasteiger partial charge on any atom is -0.267 e. The number of hydrogen-bond acceptors (Lipinski definition) is 3. The van der Waals surface area contributed by atoms with Crippen LogP contribution in [0.1, 0.15) is 22.5 Å². The van der Waals surface area contributed by atoms with Crippen LogP contribution in [-0.4, -0.2) is 14.3 Å². The van der Waals surface area contributed by atoms with E-state index in [-0.39, 0.29) is 5.56 Å². The molecule has 0 fully saturated rings. The molecular weight excluding hydrogens is 390 g/mol. The molecule has 0 aliphatic heterocycles. The van der Waals surface area contributed by atoms with E-state index >= 15 is 0 Å². The summed E-state index contributed by atoms with van der Waals surface area (Å²) in [6, 6.07) is 22.9. The average molecular weight is 412 g/mol. The van der Waals surface area contributed by atoms with Gasteiger partial charge in [0.15, 0.2) is 0 Å². The lowest BCUT2D eigenvalue weighted by molar-refractivity contribution is 0.594.